The number of aliphatic hydroxyl groups is 1. The Hall–Kier alpha value is -0.560. The first-order chi connectivity index (χ1) is 8.59. The number of aliphatic hydroxyl groups excluding tert-OH is 1. The van der Waals surface area contributed by atoms with E-state index in [-0.39, 0.29) is 0 Å². The third-order valence-electron chi connectivity index (χ3n) is 3.74. The molecule has 2 nitrogen and oxygen atoms in total. The number of nitriles is 1. The van der Waals surface area contributed by atoms with Gasteiger partial charge in [-0.25, -0.2) is 0 Å². The number of hydrogen-bond acceptors (Lipinski definition) is 2. The molecule has 0 aliphatic heterocycles. The summed E-state index contributed by atoms with van der Waals surface area (Å²) < 4.78 is 0.866. The predicted molar refractivity (Wildman–Crippen MR) is 75.2 cm³/mol. The van der Waals surface area contributed by atoms with Crippen molar-refractivity contribution in [3.63, 3.8) is 0 Å². The molecule has 1 aromatic carbocycles. The zero-order valence-corrected chi connectivity index (χ0v) is 12.3. The fourth-order valence-corrected chi connectivity index (χ4v) is 3.25. The highest BCUT2D eigenvalue weighted by atomic mass is 79.9. The maximum absolute atomic E-state index is 10.6. The smallest absolute Gasteiger partial charge is 0.0991 e. The average molecular weight is 329 g/mol. The van der Waals surface area contributed by atoms with Crippen molar-refractivity contribution in [1.29, 1.82) is 5.26 Å². The molecule has 96 valence electrons. The molecule has 1 atom stereocenters. The quantitative estimate of drug-likeness (QED) is 0.861. The van der Waals surface area contributed by atoms with Gasteiger partial charge in [0.15, 0.2) is 0 Å². The molecule has 0 heterocycles. The Morgan fingerprint density at radius 3 is 2.61 bits per heavy atom. The minimum atomic E-state index is -0.812. The highest BCUT2D eigenvalue weighted by molar-refractivity contribution is 9.10. The van der Waals surface area contributed by atoms with Gasteiger partial charge in [0, 0.05) is 15.1 Å². The van der Waals surface area contributed by atoms with Crippen molar-refractivity contribution in [3.05, 3.63) is 33.3 Å². The topological polar surface area (TPSA) is 44.0 Å². The monoisotopic (exact) mass is 327 g/mol. The Kier molecular flexibility index (Phi) is 4.32. The Morgan fingerprint density at radius 1 is 1.33 bits per heavy atom. The summed E-state index contributed by atoms with van der Waals surface area (Å²) in [6, 6.07) is 7.72. The largest absolute Gasteiger partial charge is 0.387 e. The van der Waals surface area contributed by atoms with Crippen molar-refractivity contribution in [2.45, 2.75) is 38.2 Å². The summed E-state index contributed by atoms with van der Waals surface area (Å²) in [6.45, 7) is 0. The van der Waals surface area contributed by atoms with E-state index in [9.17, 15) is 10.4 Å². The fraction of sp³-hybridized carbons (Fsp3) is 0.500. The standard InChI is InChI=1S/C14H15BrClNO/c15-10-4-5-12(16)11(8-10)13(18)14(9-17)6-2-1-3-7-14/h4-5,8,13,18H,1-3,6-7H2. The maximum atomic E-state index is 10.6. The summed E-state index contributed by atoms with van der Waals surface area (Å²) in [5.41, 5.74) is -0.0302. The Bertz CT molecular complexity index is 477. The number of halogens is 2. The summed E-state index contributed by atoms with van der Waals surface area (Å²) in [5, 5.41) is 20.6. The average Bonchev–Trinajstić information content (AvgIpc) is 2.41. The van der Waals surface area contributed by atoms with Crippen LogP contribution in [0.25, 0.3) is 0 Å². The second-order valence-electron chi connectivity index (χ2n) is 4.90. The minimum absolute atomic E-state index is 0.519. The van der Waals surface area contributed by atoms with E-state index in [1.54, 1.807) is 12.1 Å². The SMILES string of the molecule is N#CC1(C(O)c2cc(Br)ccc2Cl)CCCCC1. The molecule has 1 fully saturated rings. The molecule has 18 heavy (non-hydrogen) atoms. The van der Waals surface area contributed by atoms with Crippen LogP contribution in [0, 0.1) is 16.7 Å². The first kappa shape index (κ1) is 13.9. The minimum Gasteiger partial charge on any atom is -0.387 e. The van der Waals surface area contributed by atoms with Crippen LogP contribution in [-0.2, 0) is 0 Å². The highest BCUT2D eigenvalue weighted by Crippen LogP contribution is 2.47. The summed E-state index contributed by atoms with van der Waals surface area (Å²) in [4.78, 5) is 0. The van der Waals surface area contributed by atoms with Gasteiger partial charge in [-0.05, 0) is 31.0 Å². The molecule has 1 saturated carbocycles. The second-order valence-corrected chi connectivity index (χ2v) is 6.22. The molecule has 1 N–H and O–H groups in total. The van der Waals surface area contributed by atoms with E-state index in [2.05, 4.69) is 22.0 Å². The molecule has 0 saturated heterocycles. The highest BCUT2D eigenvalue weighted by Gasteiger charge is 2.40. The molecule has 1 aliphatic rings. The van der Waals surface area contributed by atoms with Crippen molar-refractivity contribution in [3.8, 4) is 6.07 Å². The van der Waals surface area contributed by atoms with Gasteiger partial charge in [0.1, 0.15) is 0 Å². The lowest BCUT2D eigenvalue weighted by molar-refractivity contribution is 0.0360. The molecule has 1 aromatic rings. The van der Waals surface area contributed by atoms with Crippen LogP contribution in [0.2, 0.25) is 5.02 Å². The number of nitrogens with zero attached hydrogens (tertiary/aromatic N) is 1. The second kappa shape index (κ2) is 5.61. The van der Waals surface area contributed by atoms with Crippen molar-refractivity contribution in [1.82, 2.24) is 0 Å². The molecule has 4 heteroatoms. The molecule has 0 spiro atoms. The lowest BCUT2D eigenvalue weighted by atomic mass is 9.69. The van der Waals surface area contributed by atoms with Crippen molar-refractivity contribution in [2.75, 3.05) is 0 Å². The maximum Gasteiger partial charge on any atom is 0.0991 e. The van der Waals surface area contributed by atoms with E-state index >= 15 is 0 Å². The van der Waals surface area contributed by atoms with Gasteiger partial charge in [-0.15, -0.1) is 0 Å². The van der Waals surface area contributed by atoms with Crippen LogP contribution in [0.1, 0.15) is 43.8 Å². The van der Waals surface area contributed by atoms with Gasteiger partial charge in [0.05, 0.1) is 17.6 Å². The Labute approximate surface area is 121 Å². The first-order valence-corrected chi connectivity index (χ1v) is 7.30. The molecule has 1 aliphatic carbocycles. The molecule has 2 rings (SSSR count). The Balaban J connectivity index is 2.37. The number of rotatable bonds is 2. The van der Waals surface area contributed by atoms with Crippen molar-refractivity contribution < 1.29 is 5.11 Å². The van der Waals surface area contributed by atoms with E-state index in [1.165, 1.54) is 0 Å². The van der Waals surface area contributed by atoms with Crippen molar-refractivity contribution in [2.24, 2.45) is 5.41 Å². The molecule has 1 unspecified atom stereocenters. The van der Waals surface area contributed by atoms with Gasteiger partial charge in [-0.1, -0.05) is 46.8 Å². The van der Waals surface area contributed by atoms with Crippen LogP contribution in [0.3, 0.4) is 0 Å². The summed E-state index contributed by atoms with van der Waals surface area (Å²) in [5.74, 6) is 0. The van der Waals surface area contributed by atoms with Crippen LogP contribution < -0.4 is 0 Å². The first-order valence-electron chi connectivity index (χ1n) is 6.13. The van der Waals surface area contributed by atoms with Crippen LogP contribution in [0.15, 0.2) is 22.7 Å². The van der Waals surface area contributed by atoms with E-state index in [0.29, 0.717) is 10.6 Å². The van der Waals surface area contributed by atoms with E-state index in [1.807, 2.05) is 6.07 Å². The fourth-order valence-electron chi connectivity index (χ4n) is 2.65. The van der Waals surface area contributed by atoms with Gasteiger partial charge in [0.2, 0.25) is 0 Å². The van der Waals surface area contributed by atoms with Crippen LogP contribution in [0.4, 0.5) is 0 Å². The third-order valence-corrected chi connectivity index (χ3v) is 4.58. The number of benzene rings is 1. The molecule has 0 bridgehead atoms. The normalized spacial score (nSPS) is 20.1. The summed E-state index contributed by atoms with van der Waals surface area (Å²) in [7, 11) is 0. The lowest BCUT2D eigenvalue weighted by Crippen LogP contribution is -2.30. The van der Waals surface area contributed by atoms with Crippen molar-refractivity contribution >= 4 is 27.5 Å². The lowest BCUT2D eigenvalue weighted by Gasteiger charge is -2.35. The zero-order valence-electron chi connectivity index (χ0n) is 10.00. The van der Waals surface area contributed by atoms with Gasteiger partial charge in [-0.3, -0.25) is 0 Å². The predicted octanol–water partition coefficient (Wildman–Crippen LogP) is 4.61. The molecular weight excluding hydrogens is 314 g/mol. The van der Waals surface area contributed by atoms with E-state index < -0.39 is 11.5 Å². The molecule has 0 amide bonds. The van der Waals surface area contributed by atoms with Gasteiger partial charge < -0.3 is 5.11 Å². The summed E-state index contributed by atoms with van der Waals surface area (Å²) >= 11 is 9.51. The molecule has 0 aromatic heterocycles. The number of hydrogen-bond donors (Lipinski definition) is 1. The van der Waals surface area contributed by atoms with Gasteiger partial charge in [0.25, 0.3) is 0 Å². The van der Waals surface area contributed by atoms with E-state index in [4.69, 9.17) is 11.6 Å². The Morgan fingerprint density at radius 2 is 2.00 bits per heavy atom. The zero-order chi connectivity index (χ0) is 13.2. The van der Waals surface area contributed by atoms with Crippen LogP contribution in [0.5, 0.6) is 0 Å². The van der Waals surface area contributed by atoms with Gasteiger partial charge >= 0.3 is 0 Å². The summed E-state index contributed by atoms with van der Waals surface area (Å²) in [6.07, 6.45) is 3.81. The van der Waals surface area contributed by atoms with Crippen LogP contribution >= 0.6 is 27.5 Å². The molecular formula is C14H15BrClNO. The van der Waals surface area contributed by atoms with E-state index in [0.717, 1.165) is 36.6 Å². The van der Waals surface area contributed by atoms with Gasteiger partial charge in [-0.2, -0.15) is 5.26 Å². The third kappa shape index (κ3) is 2.56. The van der Waals surface area contributed by atoms with Crippen LogP contribution in [-0.4, -0.2) is 5.11 Å². The molecule has 0 radical (unpaired) electrons.